The first kappa shape index (κ1) is 17.9. The summed E-state index contributed by atoms with van der Waals surface area (Å²) in [4.78, 5) is 19.4. The molecule has 28 heavy (non-hydrogen) atoms. The summed E-state index contributed by atoms with van der Waals surface area (Å²) in [6.07, 6.45) is 1.23. The van der Waals surface area contributed by atoms with Crippen molar-refractivity contribution in [3.05, 3.63) is 77.6 Å². The van der Waals surface area contributed by atoms with E-state index < -0.39 is 6.17 Å². The molecule has 142 valence electrons. The lowest BCUT2D eigenvalue weighted by Crippen LogP contribution is -2.32. The highest BCUT2D eigenvalue weighted by Gasteiger charge is 2.40. The second-order valence-corrected chi connectivity index (χ2v) is 6.57. The van der Waals surface area contributed by atoms with Gasteiger partial charge in [-0.25, -0.2) is 0 Å². The van der Waals surface area contributed by atoms with Crippen LogP contribution in [-0.2, 0) is 0 Å². The molecule has 1 aromatic heterocycles. The third kappa shape index (κ3) is 3.03. The van der Waals surface area contributed by atoms with Crippen LogP contribution in [0.15, 0.2) is 60.8 Å². The molecule has 6 nitrogen and oxygen atoms in total. The fourth-order valence-corrected chi connectivity index (χ4v) is 3.44. The maximum atomic E-state index is 13.3. The molecular formula is C22H21N3O3. The molecule has 2 heterocycles. The van der Waals surface area contributed by atoms with Crippen LogP contribution in [0.2, 0.25) is 0 Å². The van der Waals surface area contributed by atoms with Crippen molar-refractivity contribution in [2.45, 2.75) is 13.1 Å². The Hall–Kier alpha value is -3.54. The zero-order chi connectivity index (χ0) is 19.7. The first-order valence-electron chi connectivity index (χ1n) is 8.96. The van der Waals surface area contributed by atoms with Gasteiger partial charge in [-0.15, -0.1) is 0 Å². The molecule has 0 saturated carbocycles. The summed E-state index contributed by atoms with van der Waals surface area (Å²) >= 11 is 0. The molecular weight excluding hydrogens is 354 g/mol. The number of aromatic nitrogens is 1. The lowest BCUT2D eigenvalue weighted by atomic mass is 10.2. The normalized spacial score (nSPS) is 15.3. The molecule has 3 aromatic rings. The number of carbonyl (C=O) groups is 1. The predicted octanol–water partition coefficient (Wildman–Crippen LogP) is 4.18. The number of hydrogen-bond acceptors (Lipinski definition) is 5. The topological polar surface area (TPSA) is 63.7 Å². The Kier molecular flexibility index (Phi) is 4.61. The van der Waals surface area contributed by atoms with Gasteiger partial charge in [0.1, 0.15) is 11.5 Å². The molecule has 1 aliphatic rings. The SMILES string of the molecule is COc1ccc(OC)c(N2C(=O)c3cccnc3[C@@H]2Nc2cccc(C)c2)c1. The Morgan fingerprint density at radius 3 is 2.64 bits per heavy atom. The number of rotatable bonds is 5. The van der Waals surface area contributed by atoms with E-state index in [9.17, 15) is 4.79 Å². The smallest absolute Gasteiger partial charge is 0.262 e. The van der Waals surface area contributed by atoms with Crippen LogP contribution in [0.4, 0.5) is 11.4 Å². The molecule has 0 aliphatic carbocycles. The van der Waals surface area contributed by atoms with Crippen molar-refractivity contribution in [1.82, 2.24) is 4.98 Å². The number of amides is 1. The standard InChI is InChI=1S/C22H21N3O3/c1-14-6-4-7-15(12-14)24-21-20-17(8-5-11-23-20)22(26)25(21)18-13-16(27-2)9-10-19(18)28-3/h4-13,21,24H,1-3H3/t21-/m1/s1. The van der Waals surface area contributed by atoms with Crippen LogP contribution < -0.4 is 19.7 Å². The van der Waals surface area contributed by atoms with E-state index in [-0.39, 0.29) is 5.91 Å². The number of nitrogens with zero attached hydrogens (tertiary/aromatic N) is 2. The minimum Gasteiger partial charge on any atom is -0.497 e. The van der Waals surface area contributed by atoms with E-state index in [1.165, 1.54) is 0 Å². The van der Waals surface area contributed by atoms with Gasteiger partial charge in [0, 0.05) is 18.0 Å². The second kappa shape index (κ2) is 7.23. The van der Waals surface area contributed by atoms with Gasteiger partial charge in [0.2, 0.25) is 0 Å². The van der Waals surface area contributed by atoms with Crippen molar-refractivity contribution >= 4 is 17.3 Å². The van der Waals surface area contributed by atoms with Gasteiger partial charge >= 0.3 is 0 Å². The molecule has 1 aliphatic heterocycles. The Morgan fingerprint density at radius 1 is 1.04 bits per heavy atom. The number of nitrogens with one attached hydrogen (secondary N) is 1. The van der Waals surface area contributed by atoms with E-state index >= 15 is 0 Å². The van der Waals surface area contributed by atoms with Crippen LogP contribution >= 0.6 is 0 Å². The average Bonchev–Trinajstić information content (AvgIpc) is 2.99. The lowest BCUT2D eigenvalue weighted by molar-refractivity contribution is 0.0992. The summed E-state index contributed by atoms with van der Waals surface area (Å²) in [5.41, 5.74) is 3.90. The van der Waals surface area contributed by atoms with Crippen molar-refractivity contribution in [3.63, 3.8) is 0 Å². The highest BCUT2D eigenvalue weighted by Crippen LogP contribution is 2.42. The van der Waals surface area contributed by atoms with E-state index in [1.54, 1.807) is 55.6 Å². The summed E-state index contributed by atoms with van der Waals surface area (Å²) in [6, 6.07) is 17.0. The van der Waals surface area contributed by atoms with Gasteiger partial charge in [0.15, 0.2) is 6.17 Å². The van der Waals surface area contributed by atoms with E-state index in [0.29, 0.717) is 28.4 Å². The fourth-order valence-electron chi connectivity index (χ4n) is 3.44. The van der Waals surface area contributed by atoms with Gasteiger partial charge in [0.05, 0.1) is 31.2 Å². The summed E-state index contributed by atoms with van der Waals surface area (Å²) in [6.45, 7) is 2.03. The van der Waals surface area contributed by atoms with Crippen LogP contribution in [0.25, 0.3) is 0 Å². The summed E-state index contributed by atoms with van der Waals surface area (Å²) in [5, 5.41) is 3.45. The zero-order valence-corrected chi connectivity index (χ0v) is 16.0. The molecule has 1 N–H and O–H groups in total. The molecule has 0 bridgehead atoms. The Bertz CT molecular complexity index is 1040. The summed E-state index contributed by atoms with van der Waals surface area (Å²) in [5.74, 6) is 1.08. The van der Waals surface area contributed by atoms with Crippen LogP contribution in [-0.4, -0.2) is 25.1 Å². The van der Waals surface area contributed by atoms with Gasteiger partial charge in [-0.05, 0) is 48.9 Å². The molecule has 0 spiro atoms. The number of anilines is 2. The average molecular weight is 375 g/mol. The number of methoxy groups -OCH3 is 2. The number of carbonyl (C=O) groups excluding carboxylic acids is 1. The summed E-state index contributed by atoms with van der Waals surface area (Å²) in [7, 11) is 3.18. The lowest BCUT2D eigenvalue weighted by Gasteiger charge is -2.28. The van der Waals surface area contributed by atoms with E-state index in [2.05, 4.69) is 10.3 Å². The number of benzene rings is 2. The third-order valence-corrected chi connectivity index (χ3v) is 4.77. The largest absolute Gasteiger partial charge is 0.497 e. The molecule has 0 saturated heterocycles. The molecule has 0 unspecified atom stereocenters. The third-order valence-electron chi connectivity index (χ3n) is 4.77. The Labute approximate surface area is 163 Å². The Morgan fingerprint density at radius 2 is 1.89 bits per heavy atom. The molecule has 2 aromatic carbocycles. The predicted molar refractivity (Wildman–Crippen MR) is 108 cm³/mol. The molecule has 1 atom stereocenters. The van der Waals surface area contributed by atoms with Crippen LogP contribution in [0.3, 0.4) is 0 Å². The molecule has 0 fully saturated rings. The Balaban J connectivity index is 1.84. The quantitative estimate of drug-likeness (QED) is 0.725. The van der Waals surface area contributed by atoms with Gasteiger partial charge in [-0.1, -0.05) is 12.1 Å². The maximum Gasteiger partial charge on any atom is 0.262 e. The van der Waals surface area contributed by atoms with Gasteiger partial charge in [0.25, 0.3) is 5.91 Å². The number of ether oxygens (including phenoxy) is 2. The number of fused-ring (bicyclic) bond motifs is 1. The van der Waals surface area contributed by atoms with Crippen molar-refractivity contribution in [1.29, 1.82) is 0 Å². The van der Waals surface area contributed by atoms with Crippen molar-refractivity contribution in [3.8, 4) is 11.5 Å². The fraction of sp³-hybridized carbons (Fsp3) is 0.182. The molecule has 4 rings (SSSR count). The number of aryl methyl sites for hydroxylation is 1. The van der Waals surface area contributed by atoms with Crippen molar-refractivity contribution < 1.29 is 14.3 Å². The first-order chi connectivity index (χ1) is 13.6. The van der Waals surface area contributed by atoms with E-state index in [1.807, 2.05) is 31.2 Å². The van der Waals surface area contributed by atoms with E-state index in [0.717, 1.165) is 11.3 Å². The van der Waals surface area contributed by atoms with Crippen LogP contribution in [0, 0.1) is 6.92 Å². The summed E-state index contributed by atoms with van der Waals surface area (Å²) < 4.78 is 10.9. The maximum absolute atomic E-state index is 13.3. The molecule has 6 heteroatoms. The highest BCUT2D eigenvalue weighted by molar-refractivity contribution is 6.11. The van der Waals surface area contributed by atoms with Gasteiger partial charge < -0.3 is 14.8 Å². The molecule has 0 radical (unpaired) electrons. The van der Waals surface area contributed by atoms with Crippen molar-refractivity contribution in [2.75, 3.05) is 24.4 Å². The zero-order valence-electron chi connectivity index (χ0n) is 16.0. The van der Waals surface area contributed by atoms with Crippen LogP contribution in [0.1, 0.15) is 27.8 Å². The highest BCUT2D eigenvalue weighted by atomic mass is 16.5. The molecule has 1 amide bonds. The van der Waals surface area contributed by atoms with Gasteiger partial charge in [-0.3, -0.25) is 14.7 Å². The number of pyridine rings is 1. The second-order valence-electron chi connectivity index (χ2n) is 6.57. The van der Waals surface area contributed by atoms with Gasteiger partial charge in [-0.2, -0.15) is 0 Å². The first-order valence-corrected chi connectivity index (χ1v) is 8.96. The monoisotopic (exact) mass is 375 g/mol. The van der Waals surface area contributed by atoms with E-state index in [4.69, 9.17) is 9.47 Å². The van der Waals surface area contributed by atoms with Crippen LogP contribution in [0.5, 0.6) is 11.5 Å². The van der Waals surface area contributed by atoms with Crippen molar-refractivity contribution in [2.24, 2.45) is 0 Å². The number of hydrogen-bond donors (Lipinski definition) is 1. The minimum atomic E-state index is -0.466. The minimum absolute atomic E-state index is 0.139.